The third-order valence-corrected chi connectivity index (χ3v) is 3.42. The van der Waals surface area contributed by atoms with Crippen LogP contribution in [0.5, 0.6) is 5.75 Å². The van der Waals surface area contributed by atoms with Crippen LogP contribution in [0.3, 0.4) is 0 Å². The van der Waals surface area contributed by atoms with E-state index in [1.165, 1.54) is 0 Å². The molecule has 2 atom stereocenters. The zero-order valence-electron chi connectivity index (χ0n) is 12.1. The Hall–Kier alpha value is -2.08. The van der Waals surface area contributed by atoms with E-state index < -0.39 is 5.97 Å². The number of nitrogens with zero attached hydrogens (tertiary/aromatic N) is 1. The SMILES string of the molecule is CC1CCC(C(=O)N(C)c2ccc(OCC(=O)O)cc2)O1. The van der Waals surface area contributed by atoms with Crippen LogP contribution in [-0.4, -0.2) is 42.8 Å². The van der Waals surface area contributed by atoms with E-state index in [-0.39, 0.29) is 24.7 Å². The third-order valence-electron chi connectivity index (χ3n) is 3.42. The van der Waals surface area contributed by atoms with Crippen LogP contribution in [0.1, 0.15) is 19.8 Å². The van der Waals surface area contributed by atoms with Crippen LogP contribution in [0.4, 0.5) is 5.69 Å². The highest BCUT2D eigenvalue weighted by Crippen LogP contribution is 2.24. The van der Waals surface area contributed by atoms with Gasteiger partial charge in [0.2, 0.25) is 0 Å². The Morgan fingerprint density at radius 1 is 1.33 bits per heavy atom. The van der Waals surface area contributed by atoms with Crippen LogP contribution in [-0.2, 0) is 14.3 Å². The number of hydrogen-bond acceptors (Lipinski definition) is 4. The van der Waals surface area contributed by atoms with Crippen molar-refractivity contribution >= 4 is 17.6 Å². The molecule has 21 heavy (non-hydrogen) atoms. The van der Waals surface area contributed by atoms with E-state index in [1.807, 2.05) is 6.92 Å². The zero-order valence-corrected chi connectivity index (χ0v) is 12.1. The van der Waals surface area contributed by atoms with E-state index in [0.29, 0.717) is 11.4 Å². The molecule has 0 aliphatic carbocycles. The highest BCUT2D eigenvalue weighted by atomic mass is 16.5. The first kappa shape index (κ1) is 15.3. The molecule has 1 aliphatic rings. The maximum Gasteiger partial charge on any atom is 0.341 e. The second kappa shape index (κ2) is 6.58. The number of carbonyl (C=O) groups is 2. The van der Waals surface area contributed by atoms with Gasteiger partial charge in [0.05, 0.1) is 6.10 Å². The molecule has 1 aromatic rings. The molecule has 1 fully saturated rings. The first-order valence-electron chi connectivity index (χ1n) is 6.85. The fourth-order valence-corrected chi connectivity index (χ4v) is 2.24. The van der Waals surface area contributed by atoms with Crippen molar-refractivity contribution in [2.24, 2.45) is 0 Å². The minimum Gasteiger partial charge on any atom is -0.482 e. The number of rotatable bonds is 5. The van der Waals surface area contributed by atoms with Crippen molar-refractivity contribution in [3.05, 3.63) is 24.3 Å². The molecular formula is C15H19NO5. The van der Waals surface area contributed by atoms with E-state index in [4.69, 9.17) is 14.6 Å². The van der Waals surface area contributed by atoms with Gasteiger partial charge in [-0.3, -0.25) is 4.79 Å². The Balaban J connectivity index is 1.97. The molecule has 1 amide bonds. The minimum absolute atomic E-state index is 0.0708. The van der Waals surface area contributed by atoms with Gasteiger partial charge in [-0.25, -0.2) is 4.79 Å². The largest absolute Gasteiger partial charge is 0.482 e. The van der Waals surface area contributed by atoms with Crippen LogP contribution in [0.25, 0.3) is 0 Å². The Morgan fingerprint density at radius 3 is 2.52 bits per heavy atom. The molecule has 0 saturated carbocycles. The van der Waals surface area contributed by atoms with Crippen molar-refractivity contribution in [1.29, 1.82) is 0 Å². The normalized spacial score (nSPS) is 21.0. The molecule has 1 aliphatic heterocycles. The van der Waals surface area contributed by atoms with Crippen molar-refractivity contribution < 1.29 is 24.2 Å². The lowest BCUT2D eigenvalue weighted by Gasteiger charge is -2.21. The monoisotopic (exact) mass is 293 g/mol. The van der Waals surface area contributed by atoms with Crippen LogP contribution >= 0.6 is 0 Å². The summed E-state index contributed by atoms with van der Waals surface area (Å²) in [5.74, 6) is -0.648. The maximum atomic E-state index is 12.3. The lowest BCUT2D eigenvalue weighted by molar-refractivity contribution is -0.139. The predicted molar refractivity (Wildman–Crippen MR) is 76.6 cm³/mol. The van der Waals surface area contributed by atoms with E-state index in [1.54, 1.807) is 36.2 Å². The van der Waals surface area contributed by atoms with E-state index in [9.17, 15) is 9.59 Å². The summed E-state index contributed by atoms with van der Waals surface area (Å²) in [5, 5.41) is 8.54. The standard InChI is InChI=1S/C15H19NO5/c1-10-3-8-13(21-10)15(19)16(2)11-4-6-12(7-5-11)20-9-14(17)18/h4-7,10,13H,3,8-9H2,1-2H3,(H,17,18). The number of ether oxygens (including phenoxy) is 2. The second-order valence-electron chi connectivity index (χ2n) is 5.09. The molecule has 1 N–H and O–H groups in total. The van der Waals surface area contributed by atoms with E-state index in [0.717, 1.165) is 12.8 Å². The van der Waals surface area contributed by atoms with Crippen LogP contribution in [0.2, 0.25) is 0 Å². The summed E-state index contributed by atoms with van der Waals surface area (Å²) in [6.07, 6.45) is 1.38. The molecule has 114 valence electrons. The van der Waals surface area contributed by atoms with E-state index in [2.05, 4.69) is 0 Å². The number of carboxylic acid groups (broad SMARTS) is 1. The predicted octanol–water partition coefficient (Wildman–Crippen LogP) is 1.68. The van der Waals surface area contributed by atoms with Crippen molar-refractivity contribution in [1.82, 2.24) is 0 Å². The molecule has 1 aromatic carbocycles. The Bertz CT molecular complexity index is 513. The quantitative estimate of drug-likeness (QED) is 0.894. The molecule has 0 radical (unpaired) electrons. The highest BCUT2D eigenvalue weighted by Gasteiger charge is 2.30. The number of carbonyl (C=O) groups excluding carboxylic acids is 1. The van der Waals surface area contributed by atoms with Gasteiger partial charge < -0.3 is 19.5 Å². The minimum atomic E-state index is -1.03. The molecule has 1 saturated heterocycles. The molecular weight excluding hydrogens is 274 g/mol. The number of likely N-dealkylation sites (N-methyl/N-ethyl adjacent to an activating group) is 1. The van der Waals surface area contributed by atoms with Gasteiger partial charge in [0, 0.05) is 12.7 Å². The summed E-state index contributed by atoms with van der Waals surface area (Å²) < 4.78 is 10.6. The molecule has 0 aromatic heterocycles. The van der Waals surface area contributed by atoms with Gasteiger partial charge in [-0.1, -0.05) is 0 Å². The molecule has 0 bridgehead atoms. The lowest BCUT2D eigenvalue weighted by Crippen LogP contribution is -2.36. The second-order valence-corrected chi connectivity index (χ2v) is 5.09. The summed E-state index contributed by atoms with van der Waals surface area (Å²) in [7, 11) is 1.70. The summed E-state index contributed by atoms with van der Waals surface area (Å²) in [4.78, 5) is 24.2. The Labute approximate surface area is 123 Å². The first-order valence-corrected chi connectivity index (χ1v) is 6.85. The Kier molecular flexibility index (Phi) is 4.80. The molecule has 2 rings (SSSR count). The van der Waals surface area contributed by atoms with Gasteiger partial charge in [-0.2, -0.15) is 0 Å². The van der Waals surface area contributed by atoms with Gasteiger partial charge in [0.15, 0.2) is 6.61 Å². The summed E-state index contributed by atoms with van der Waals surface area (Å²) in [6, 6.07) is 6.71. The number of carboxylic acids is 1. The Morgan fingerprint density at radius 2 is 2.00 bits per heavy atom. The fourth-order valence-electron chi connectivity index (χ4n) is 2.24. The lowest BCUT2D eigenvalue weighted by atomic mass is 10.2. The molecule has 6 heteroatoms. The van der Waals surface area contributed by atoms with Crippen LogP contribution < -0.4 is 9.64 Å². The summed E-state index contributed by atoms with van der Waals surface area (Å²) in [6.45, 7) is 1.57. The maximum absolute atomic E-state index is 12.3. The summed E-state index contributed by atoms with van der Waals surface area (Å²) >= 11 is 0. The van der Waals surface area contributed by atoms with Crippen molar-refractivity contribution in [2.45, 2.75) is 32.0 Å². The smallest absolute Gasteiger partial charge is 0.341 e. The van der Waals surface area contributed by atoms with E-state index >= 15 is 0 Å². The molecule has 2 unspecified atom stereocenters. The topological polar surface area (TPSA) is 76.1 Å². The average Bonchev–Trinajstić information content (AvgIpc) is 2.90. The third kappa shape index (κ3) is 3.95. The van der Waals surface area contributed by atoms with Crippen molar-refractivity contribution in [3.63, 3.8) is 0 Å². The van der Waals surface area contributed by atoms with Gasteiger partial charge in [-0.15, -0.1) is 0 Å². The zero-order chi connectivity index (χ0) is 15.4. The van der Waals surface area contributed by atoms with Crippen molar-refractivity contribution in [3.8, 4) is 5.75 Å². The summed E-state index contributed by atoms with van der Waals surface area (Å²) in [5.41, 5.74) is 0.714. The van der Waals surface area contributed by atoms with Gasteiger partial charge >= 0.3 is 5.97 Å². The van der Waals surface area contributed by atoms with Crippen LogP contribution in [0.15, 0.2) is 24.3 Å². The van der Waals surface area contributed by atoms with Crippen molar-refractivity contribution in [2.75, 3.05) is 18.6 Å². The highest BCUT2D eigenvalue weighted by molar-refractivity contribution is 5.96. The number of benzene rings is 1. The molecule has 6 nitrogen and oxygen atoms in total. The van der Waals surface area contributed by atoms with Gasteiger partial charge in [0.1, 0.15) is 11.9 Å². The average molecular weight is 293 g/mol. The number of amides is 1. The first-order chi connectivity index (χ1) is 9.97. The number of anilines is 1. The van der Waals surface area contributed by atoms with Crippen LogP contribution in [0, 0.1) is 0 Å². The van der Waals surface area contributed by atoms with Gasteiger partial charge in [0.25, 0.3) is 5.91 Å². The number of hydrogen-bond donors (Lipinski definition) is 1. The number of aliphatic carboxylic acids is 1. The molecule has 1 heterocycles. The fraction of sp³-hybridized carbons (Fsp3) is 0.467. The van der Waals surface area contributed by atoms with Gasteiger partial charge in [-0.05, 0) is 44.0 Å². The molecule has 0 spiro atoms.